The molecule has 0 atom stereocenters. The van der Waals surface area contributed by atoms with E-state index in [1.165, 1.54) is 16.7 Å². The normalized spacial score (nSPS) is 11.4. The van der Waals surface area contributed by atoms with Gasteiger partial charge in [0, 0.05) is 18.5 Å². The number of benzene rings is 2. The van der Waals surface area contributed by atoms with Crippen molar-refractivity contribution in [2.45, 2.75) is 33.1 Å². The summed E-state index contributed by atoms with van der Waals surface area (Å²) in [6.45, 7) is 8.26. The summed E-state index contributed by atoms with van der Waals surface area (Å²) in [5, 5.41) is 3.88. The molecule has 4 aromatic rings. The van der Waals surface area contributed by atoms with E-state index in [9.17, 15) is 0 Å². The van der Waals surface area contributed by atoms with Crippen molar-refractivity contribution in [1.29, 1.82) is 0 Å². The largest absolute Gasteiger partial charge is 0.424 e. The van der Waals surface area contributed by atoms with Gasteiger partial charge in [-0.25, -0.2) is 4.98 Å². The van der Waals surface area contributed by atoms with Crippen molar-refractivity contribution in [2.24, 2.45) is 0 Å². The molecule has 0 spiro atoms. The molecule has 0 aliphatic heterocycles. The van der Waals surface area contributed by atoms with Gasteiger partial charge < -0.3 is 9.26 Å². The summed E-state index contributed by atoms with van der Waals surface area (Å²) in [4.78, 5) is 12.7. The first-order chi connectivity index (χ1) is 13.9. The Hall–Kier alpha value is -3.54. The second-order valence-corrected chi connectivity index (χ2v) is 7.48. The van der Waals surface area contributed by atoms with Crippen molar-refractivity contribution >= 4 is 0 Å². The van der Waals surface area contributed by atoms with E-state index in [-0.39, 0.29) is 11.4 Å². The smallest absolute Gasteiger partial charge is 0.322 e. The minimum atomic E-state index is -0.112. The molecule has 0 aliphatic carbocycles. The Balaban J connectivity index is 1.53. The van der Waals surface area contributed by atoms with Crippen molar-refractivity contribution in [3.63, 3.8) is 0 Å². The van der Waals surface area contributed by atoms with E-state index in [0.29, 0.717) is 23.2 Å². The van der Waals surface area contributed by atoms with Crippen molar-refractivity contribution in [3.8, 4) is 23.3 Å². The Kier molecular flexibility index (Phi) is 4.84. The Morgan fingerprint density at radius 3 is 2.10 bits per heavy atom. The molecule has 0 bridgehead atoms. The monoisotopic (exact) mass is 386 g/mol. The first-order valence-electron chi connectivity index (χ1n) is 9.41. The second kappa shape index (κ2) is 7.47. The molecule has 6 heteroatoms. The third kappa shape index (κ3) is 4.01. The van der Waals surface area contributed by atoms with E-state index < -0.39 is 0 Å². The number of rotatable bonds is 5. The minimum Gasteiger partial charge on any atom is -0.424 e. The fraction of sp³-hybridized carbons (Fsp3) is 0.217. The highest BCUT2D eigenvalue weighted by molar-refractivity contribution is 5.48. The highest BCUT2D eigenvalue weighted by Gasteiger charge is 2.23. The van der Waals surface area contributed by atoms with Crippen LogP contribution in [0.15, 0.2) is 65.3 Å². The molecular weight excluding hydrogens is 364 g/mol. The molecule has 0 saturated heterocycles. The predicted molar refractivity (Wildman–Crippen MR) is 110 cm³/mol. The lowest BCUT2D eigenvalue weighted by Gasteiger charge is -2.26. The Bertz CT molecular complexity index is 1120. The average Bonchev–Trinajstić information content (AvgIpc) is 3.15. The van der Waals surface area contributed by atoms with E-state index in [1.54, 1.807) is 19.2 Å². The van der Waals surface area contributed by atoms with Crippen LogP contribution >= 0.6 is 0 Å². The summed E-state index contributed by atoms with van der Waals surface area (Å²) >= 11 is 0. The maximum absolute atomic E-state index is 5.83. The summed E-state index contributed by atoms with van der Waals surface area (Å²) < 4.78 is 10.8. The number of ether oxygens (including phenoxy) is 1. The predicted octanol–water partition coefficient (Wildman–Crippen LogP) is 5.26. The van der Waals surface area contributed by atoms with Gasteiger partial charge in [0.1, 0.15) is 11.4 Å². The van der Waals surface area contributed by atoms with E-state index in [1.807, 2.05) is 12.1 Å². The molecule has 0 amide bonds. The van der Waals surface area contributed by atoms with E-state index in [0.717, 1.165) is 0 Å². The van der Waals surface area contributed by atoms with Crippen LogP contribution in [0.5, 0.6) is 11.8 Å². The molecule has 0 saturated carbocycles. The van der Waals surface area contributed by atoms with Crippen LogP contribution in [-0.4, -0.2) is 20.1 Å². The molecule has 146 valence electrons. The van der Waals surface area contributed by atoms with E-state index in [4.69, 9.17) is 9.26 Å². The first-order valence-corrected chi connectivity index (χ1v) is 9.41. The van der Waals surface area contributed by atoms with Crippen molar-refractivity contribution in [2.75, 3.05) is 0 Å². The van der Waals surface area contributed by atoms with Crippen LogP contribution in [0, 0.1) is 13.8 Å². The molecule has 0 N–H and O–H groups in total. The van der Waals surface area contributed by atoms with Crippen molar-refractivity contribution in [1.82, 2.24) is 20.1 Å². The number of aromatic nitrogens is 4. The maximum atomic E-state index is 5.83. The average molecular weight is 386 g/mol. The van der Waals surface area contributed by atoms with Crippen LogP contribution in [0.25, 0.3) is 11.5 Å². The summed E-state index contributed by atoms with van der Waals surface area (Å²) in [6.07, 6.45) is 1.61. The first kappa shape index (κ1) is 18.8. The molecule has 0 unspecified atom stereocenters. The van der Waals surface area contributed by atoms with Gasteiger partial charge in [0.05, 0.1) is 0 Å². The third-order valence-corrected chi connectivity index (χ3v) is 4.95. The Labute approximate surface area is 169 Å². The van der Waals surface area contributed by atoms with Crippen LogP contribution in [0.4, 0.5) is 0 Å². The summed E-state index contributed by atoms with van der Waals surface area (Å²) in [7, 11) is 0. The highest BCUT2D eigenvalue weighted by atomic mass is 16.5. The minimum absolute atomic E-state index is 0.112. The van der Waals surface area contributed by atoms with Gasteiger partial charge in [0.2, 0.25) is 11.7 Å². The van der Waals surface area contributed by atoms with Crippen LogP contribution in [0.1, 0.15) is 36.4 Å². The van der Waals surface area contributed by atoms with Crippen LogP contribution in [0.2, 0.25) is 0 Å². The maximum Gasteiger partial charge on any atom is 0.322 e. The quantitative estimate of drug-likeness (QED) is 0.466. The standard InChI is InChI=1S/C23H22N4O2/c1-15-5-7-17(8-6-15)23(3,4)18-9-11-19(12-10-18)28-22-24-14-13-20(26-22)21-25-16(2)29-27-21/h5-14H,1-4H3. The number of nitrogens with zero attached hydrogens (tertiary/aromatic N) is 4. The molecular formula is C23H22N4O2. The van der Waals surface area contributed by atoms with Gasteiger partial charge in [-0.05, 0) is 36.2 Å². The SMILES string of the molecule is Cc1ccc(C(C)(C)c2ccc(Oc3nccc(-c4noc(C)n4)n3)cc2)cc1. The lowest BCUT2D eigenvalue weighted by molar-refractivity contribution is 0.394. The topological polar surface area (TPSA) is 73.9 Å². The fourth-order valence-electron chi connectivity index (χ4n) is 3.10. The Morgan fingerprint density at radius 1 is 0.828 bits per heavy atom. The van der Waals surface area contributed by atoms with Crippen molar-refractivity contribution in [3.05, 3.63) is 83.4 Å². The van der Waals surface area contributed by atoms with Crippen LogP contribution in [-0.2, 0) is 5.41 Å². The lowest BCUT2D eigenvalue weighted by Crippen LogP contribution is -2.18. The number of aryl methyl sites for hydroxylation is 2. The highest BCUT2D eigenvalue weighted by Crippen LogP contribution is 2.33. The molecule has 4 rings (SSSR count). The zero-order valence-electron chi connectivity index (χ0n) is 16.9. The molecule has 2 heterocycles. The summed E-state index contributed by atoms with van der Waals surface area (Å²) in [6, 6.07) is 18.6. The summed E-state index contributed by atoms with van der Waals surface area (Å²) in [5.74, 6) is 1.55. The molecule has 2 aromatic carbocycles. The molecule has 6 nitrogen and oxygen atoms in total. The van der Waals surface area contributed by atoms with Gasteiger partial charge in [0.15, 0.2) is 0 Å². The summed E-state index contributed by atoms with van der Waals surface area (Å²) in [5.41, 5.74) is 4.16. The van der Waals surface area contributed by atoms with E-state index in [2.05, 4.69) is 77.3 Å². The van der Waals surface area contributed by atoms with Gasteiger partial charge in [-0.15, -0.1) is 0 Å². The van der Waals surface area contributed by atoms with Gasteiger partial charge in [-0.3, -0.25) is 0 Å². The number of hydrogen-bond acceptors (Lipinski definition) is 6. The molecule has 2 aromatic heterocycles. The van der Waals surface area contributed by atoms with Crippen LogP contribution in [0.3, 0.4) is 0 Å². The zero-order chi connectivity index (χ0) is 20.4. The lowest BCUT2D eigenvalue weighted by atomic mass is 9.78. The molecule has 0 aliphatic rings. The van der Waals surface area contributed by atoms with Crippen LogP contribution < -0.4 is 4.74 Å². The van der Waals surface area contributed by atoms with Gasteiger partial charge in [-0.1, -0.05) is 61.0 Å². The Morgan fingerprint density at radius 2 is 1.48 bits per heavy atom. The van der Waals surface area contributed by atoms with Gasteiger partial charge in [0.25, 0.3) is 0 Å². The van der Waals surface area contributed by atoms with Gasteiger partial charge in [-0.2, -0.15) is 9.97 Å². The zero-order valence-corrected chi connectivity index (χ0v) is 16.9. The second-order valence-electron chi connectivity index (χ2n) is 7.48. The fourth-order valence-corrected chi connectivity index (χ4v) is 3.10. The van der Waals surface area contributed by atoms with Gasteiger partial charge >= 0.3 is 6.01 Å². The third-order valence-electron chi connectivity index (χ3n) is 4.95. The van der Waals surface area contributed by atoms with E-state index >= 15 is 0 Å². The van der Waals surface area contributed by atoms with Crippen molar-refractivity contribution < 1.29 is 9.26 Å². The molecule has 0 fully saturated rings. The number of hydrogen-bond donors (Lipinski definition) is 0. The molecule has 0 radical (unpaired) electrons. The molecule has 29 heavy (non-hydrogen) atoms.